The maximum Gasteiger partial charge on any atom is 0.253 e. The summed E-state index contributed by atoms with van der Waals surface area (Å²) >= 11 is 5.76. The summed E-state index contributed by atoms with van der Waals surface area (Å²) < 4.78 is 0. The molecule has 1 rings (SSSR count). The third kappa shape index (κ3) is 3.35. The lowest BCUT2D eigenvalue weighted by Gasteiger charge is -2.27. The Morgan fingerprint density at radius 1 is 1.59 bits per heavy atom. The van der Waals surface area contributed by atoms with Crippen LogP contribution in [0, 0.1) is 0 Å². The Balaban J connectivity index is 2.90. The Hall–Kier alpha value is -1.26. The van der Waals surface area contributed by atoms with Crippen LogP contribution >= 0.6 is 11.6 Å². The molecule has 1 atom stereocenters. The third-order valence-electron chi connectivity index (χ3n) is 2.80. The van der Waals surface area contributed by atoms with Crippen LogP contribution in [0.15, 0.2) is 18.2 Å². The maximum absolute atomic E-state index is 12.0. The van der Waals surface area contributed by atoms with Crippen LogP contribution in [0.2, 0.25) is 5.02 Å². The Kier molecular flexibility index (Phi) is 4.37. The van der Waals surface area contributed by atoms with Crippen molar-refractivity contribution in [2.24, 2.45) is 0 Å². The molecular weight excluding hydrogens is 240 g/mol. The first-order valence-corrected chi connectivity index (χ1v) is 5.78. The number of aliphatic hydroxyl groups is 1. The smallest absolute Gasteiger partial charge is 0.253 e. The lowest BCUT2D eigenvalue weighted by Crippen LogP contribution is -2.48. The van der Waals surface area contributed by atoms with E-state index in [1.54, 1.807) is 19.1 Å². The predicted octanol–water partition coefficient (Wildman–Crippen LogP) is 1.81. The molecule has 4 N–H and O–H groups in total. The monoisotopic (exact) mass is 256 g/mol. The van der Waals surface area contributed by atoms with Crippen LogP contribution in [0.1, 0.15) is 30.6 Å². The van der Waals surface area contributed by atoms with Crippen molar-refractivity contribution in [3.05, 3.63) is 28.8 Å². The number of nitrogens with two attached hydrogens (primary N) is 1. The molecule has 1 unspecified atom stereocenters. The van der Waals surface area contributed by atoms with E-state index in [9.17, 15) is 9.90 Å². The van der Waals surface area contributed by atoms with Crippen LogP contribution in [-0.2, 0) is 0 Å². The van der Waals surface area contributed by atoms with Crippen molar-refractivity contribution >= 4 is 23.2 Å². The highest BCUT2D eigenvalue weighted by Gasteiger charge is 2.24. The van der Waals surface area contributed by atoms with E-state index in [1.165, 1.54) is 6.07 Å². The summed E-state index contributed by atoms with van der Waals surface area (Å²) in [6.07, 6.45) is 0.628. The molecule has 0 aliphatic rings. The van der Waals surface area contributed by atoms with Gasteiger partial charge < -0.3 is 16.2 Å². The van der Waals surface area contributed by atoms with Gasteiger partial charge in [0.15, 0.2) is 0 Å². The number of carbonyl (C=O) groups excluding carboxylic acids is 1. The Labute approximate surface area is 106 Å². The lowest BCUT2D eigenvalue weighted by atomic mass is 9.99. The summed E-state index contributed by atoms with van der Waals surface area (Å²) in [5.41, 5.74) is 5.77. The number of aliphatic hydroxyl groups excluding tert-OH is 1. The number of anilines is 1. The molecule has 1 aromatic rings. The van der Waals surface area contributed by atoms with Crippen molar-refractivity contribution in [2.45, 2.75) is 25.8 Å². The Morgan fingerprint density at radius 2 is 2.24 bits per heavy atom. The molecule has 1 amide bonds. The van der Waals surface area contributed by atoms with Gasteiger partial charge in [-0.05, 0) is 31.5 Å². The zero-order valence-electron chi connectivity index (χ0n) is 9.96. The first kappa shape index (κ1) is 13.8. The standard InChI is InChI=1S/C12H17ClN2O2/c1-3-12(2,7-16)15-11(17)9-5-4-8(13)6-10(9)14/h4-6,16H,3,7,14H2,1-2H3,(H,15,17). The van der Waals surface area contributed by atoms with Crippen LogP contribution in [0.4, 0.5) is 5.69 Å². The van der Waals surface area contributed by atoms with E-state index in [0.29, 0.717) is 22.7 Å². The van der Waals surface area contributed by atoms with E-state index in [2.05, 4.69) is 5.32 Å². The average Bonchev–Trinajstić information content (AvgIpc) is 2.28. The summed E-state index contributed by atoms with van der Waals surface area (Å²) in [7, 11) is 0. The second-order valence-corrected chi connectivity index (χ2v) is 4.69. The predicted molar refractivity (Wildman–Crippen MR) is 69.1 cm³/mol. The molecule has 0 radical (unpaired) electrons. The molecule has 0 heterocycles. The molecule has 4 nitrogen and oxygen atoms in total. The number of hydrogen-bond acceptors (Lipinski definition) is 3. The summed E-state index contributed by atoms with van der Waals surface area (Å²) in [4.78, 5) is 12.0. The quantitative estimate of drug-likeness (QED) is 0.720. The van der Waals surface area contributed by atoms with E-state index in [0.717, 1.165) is 0 Å². The molecule has 0 aromatic heterocycles. The van der Waals surface area contributed by atoms with Gasteiger partial charge in [0.2, 0.25) is 0 Å². The van der Waals surface area contributed by atoms with Gasteiger partial charge >= 0.3 is 0 Å². The van der Waals surface area contributed by atoms with Crippen molar-refractivity contribution in [3.63, 3.8) is 0 Å². The van der Waals surface area contributed by atoms with Crippen LogP contribution in [0.25, 0.3) is 0 Å². The molecule has 0 saturated carbocycles. The molecule has 5 heteroatoms. The number of rotatable bonds is 4. The second-order valence-electron chi connectivity index (χ2n) is 4.26. The third-order valence-corrected chi connectivity index (χ3v) is 3.04. The lowest BCUT2D eigenvalue weighted by molar-refractivity contribution is 0.0848. The van der Waals surface area contributed by atoms with E-state index >= 15 is 0 Å². The number of amides is 1. The number of carbonyl (C=O) groups is 1. The highest BCUT2D eigenvalue weighted by molar-refractivity contribution is 6.31. The Bertz CT molecular complexity index is 417. The molecule has 0 aliphatic carbocycles. The number of nitrogen functional groups attached to an aromatic ring is 1. The zero-order chi connectivity index (χ0) is 13.1. The number of hydrogen-bond donors (Lipinski definition) is 3. The van der Waals surface area contributed by atoms with Crippen LogP contribution in [0.3, 0.4) is 0 Å². The Morgan fingerprint density at radius 3 is 2.71 bits per heavy atom. The molecule has 0 fully saturated rings. The van der Waals surface area contributed by atoms with E-state index in [4.69, 9.17) is 17.3 Å². The van der Waals surface area contributed by atoms with Crippen molar-refractivity contribution in [3.8, 4) is 0 Å². The van der Waals surface area contributed by atoms with Crippen LogP contribution in [-0.4, -0.2) is 23.2 Å². The molecular formula is C12H17ClN2O2. The molecule has 0 spiro atoms. The van der Waals surface area contributed by atoms with E-state index < -0.39 is 5.54 Å². The minimum Gasteiger partial charge on any atom is -0.398 e. The van der Waals surface area contributed by atoms with E-state index in [-0.39, 0.29) is 12.5 Å². The normalized spacial score (nSPS) is 14.1. The molecule has 17 heavy (non-hydrogen) atoms. The highest BCUT2D eigenvalue weighted by Crippen LogP contribution is 2.19. The maximum atomic E-state index is 12.0. The van der Waals surface area contributed by atoms with Gasteiger partial charge in [0.25, 0.3) is 5.91 Å². The van der Waals surface area contributed by atoms with Crippen LogP contribution < -0.4 is 11.1 Å². The zero-order valence-corrected chi connectivity index (χ0v) is 10.7. The minimum absolute atomic E-state index is 0.122. The molecule has 0 bridgehead atoms. The molecule has 0 aliphatic heterocycles. The number of nitrogens with one attached hydrogen (secondary N) is 1. The topological polar surface area (TPSA) is 75.3 Å². The van der Waals surface area contributed by atoms with Gasteiger partial charge in [0, 0.05) is 10.7 Å². The van der Waals surface area contributed by atoms with E-state index in [1.807, 2.05) is 6.92 Å². The molecule has 1 aromatic carbocycles. The average molecular weight is 257 g/mol. The van der Waals surface area contributed by atoms with Gasteiger partial charge in [-0.1, -0.05) is 18.5 Å². The first-order valence-electron chi connectivity index (χ1n) is 5.40. The van der Waals surface area contributed by atoms with Crippen molar-refractivity contribution in [2.75, 3.05) is 12.3 Å². The number of halogens is 1. The van der Waals surface area contributed by atoms with Crippen molar-refractivity contribution in [1.82, 2.24) is 5.32 Å². The number of benzene rings is 1. The van der Waals surface area contributed by atoms with Gasteiger partial charge in [-0.15, -0.1) is 0 Å². The first-order chi connectivity index (χ1) is 7.91. The fourth-order valence-corrected chi connectivity index (χ4v) is 1.50. The van der Waals surface area contributed by atoms with Crippen molar-refractivity contribution < 1.29 is 9.90 Å². The summed E-state index contributed by atoms with van der Waals surface area (Å²) in [5, 5.41) is 12.5. The van der Waals surface area contributed by atoms with Crippen molar-refractivity contribution in [1.29, 1.82) is 0 Å². The summed E-state index contributed by atoms with van der Waals surface area (Å²) in [5.74, 6) is -0.308. The SMILES string of the molecule is CCC(C)(CO)NC(=O)c1ccc(Cl)cc1N. The van der Waals surface area contributed by atoms with Gasteiger partial charge in [-0.2, -0.15) is 0 Å². The largest absolute Gasteiger partial charge is 0.398 e. The second kappa shape index (κ2) is 5.38. The van der Waals surface area contributed by atoms with Gasteiger partial charge in [0.05, 0.1) is 17.7 Å². The van der Waals surface area contributed by atoms with Crippen LogP contribution in [0.5, 0.6) is 0 Å². The van der Waals surface area contributed by atoms with Gasteiger partial charge in [-0.3, -0.25) is 4.79 Å². The van der Waals surface area contributed by atoms with Gasteiger partial charge in [-0.25, -0.2) is 0 Å². The molecule has 94 valence electrons. The summed E-state index contributed by atoms with van der Waals surface area (Å²) in [6, 6.07) is 4.70. The molecule has 0 saturated heterocycles. The highest BCUT2D eigenvalue weighted by atomic mass is 35.5. The van der Waals surface area contributed by atoms with Gasteiger partial charge in [0.1, 0.15) is 0 Å². The fourth-order valence-electron chi connectivity index (χ4n) is 1.32. The minimum atomic E-state index is -0.636. The fraction of sp³-hybridized carbons (Fsp3) is 0.417. The summed E-state index contributed by atoms with van der Waals surface area (Å²) in [6.45, 7) is 3.54.